The largest absolute Gasteiger partial charge is 0.462 e. The number of nitrogens with one attached hydrogen (secondary N) is 1. The maximum atomic E-state index is 11.8. The first-order valence-corrected chi connectivity index (χ1v) is 5.28. The molecule has 0 amide bonds. The Hall–Kier alpha value is -0.940. The standard InChI is InChI=1S/C11H17F2NO2/c1-3-14-5-10-8(2)4-9(16-10)6-15-7-11(12)13/h4,11,14H,3,5-7H2,1-2H3. The Morgan fingerprint density at radius 1 is 1.50 bits per heavy atom. The molecule has 0 aliphatic carbocycles. The molecule has 1 aromatic rings. The van der Waals surface area contributed by atoms with Gasteiger partial charge in [-0.2, -0.15) is 0 Å². The third kappa shape index (κ3) is 4.28. The molecular weight excluding hydrogens is 216 g/mol. The van der Waals surface area contributed by atoms with Crippen LogP contribution in [0, 0.1) is 6.92 Å². The van der Waals surface area contributed by atoms with Gasteiger partial charge in [0.2, 0.25) is 0 Å². The zero-order chi connectivity index (χ0) is 12.0. The summed E-state index contributed by atoms with van der Waals surface area (Å²) in [7, 11) is 0. The zero-order valence-electron chi connectivity index (χ0n) is 9.56. The van der Waals surface area contributed by atoms with Crippen molar-refractivity contribution in [3.8, 4) is 0 Å². The van der Waals surface area contributed by atoms with Crippen molar-refractivity contribution >= 4 is 0 Å². The Kier molecular flexibility index (Phi) is 5.42. The van der Waals surface area contributed by atoms with E-state index in [9.17, 15) is 8.78 Å². The van der Waals surface area contributed by atoms with Gasteiger partial charge in [0.1, 0.15) is 24.7 Å². The van der Waals surface area contributed by atoms with Crippen LogP contribution in [0.5, 0.6) is 0 Å². The van der Waals surface area contributed by atoms with Crippen molar-refractivity contribution in [2.45, 2.75) is 33.4 Å². The molecule has 0 spiro atoms. The van der Waals surface area contributed by atoms with Crippen LogP contribution >= 0.6 is 0 Å². The van der Waals surface area contributed by atoms with E-state index < -0.39 is 13.0 Å². The highest BCUT2D eigenvalue weighted by molar-refractivity contribution is 5.19. The van der Waals surface area contributed by atoms with E-state index in [4.69, 9.17) is 9.15 Å². The van der Waals surface area contributed by atoms with Gasteiger partial charge in [-0.05, 0) is 25.1 Å². The minimum absolute atomic E-state index is 0.0945. The summed E-state index contributed by atoms with van der Waals surface area (Å²) < 4.78 is 33.9. The fraction of sp³-hybridized carbons (Fsp3) is 0.636. The molecule has 1 N–H and O–H groups in total. The lowest BCUT2D eigenvalue weighted by Gasteiger charge is -2.01. The zero-order valence-corrected chi connectivity index (χ0v) is 9.56. The van der Waals surface area contributed by atoms with Crippen LogP contribution in [0.25, 0.3) is 0 Å². The Morgan fingerprint density at radius 2 is 2.25 bits per heavy atom. The molecule has 0 saturated carbocycles. The van der Waals surface area contributed by atoms with E-state index in [0.717, 1.165) is 17.9 Å². The van der Waals surface area contributed by atoms with Crippen LogP contribution in [-0.4, -0.2) is 19.6 Å². The summed E-state index contributed by atoms with van der Waals surface area (Å²) in [6, 6.07) is 1.82. The van der Waals surface area contributed by atoms with Crippen LogP contribution in [0.3, 0.4) is 0 Å². The average Bonchev–Trinajstić information content (AvgIpc) is 2.56. The minimum atomic E-state index is -2.43. The lowest BCUT2D eigenvalue weighted by molar-refractivity contribution is 0.00427. The van der Waals surface area contributed by atoms with Crippen molar-refractivity contribution in [2.75, 3.05) is 13.2 Å². The second kappa shape index (κ2) is 6.60. The van der Waals surface area contributed by atoms with Gasteiger partial charge in [0.15, 0.2) is 0 Å². The van der Waals surface area contributed by atoms with Gasteiger partial charge in [-0.1, -0.05) is 6.92 Å². The third-order valence-corrected chi connectivity index (χ3v) is 2.10. The fourth-order valence-corrected chi connectivity index (χ4v) is 1.32. The van der Waals surface area contributed by atoms with E-state index in [1.165, 1.54) is 0 Å². The molecule has 0 saturated heterocycles. The topological polar surface area (TPSA) is 34.4 Å². The first-order chi connectivity index (χ1) is 7.63. The predicted octanol–water partition coefficient (Wildman–Crippen LogP) is 2.48. The number of alkyl halides is 2. The van der Waals surface area contributed by atoms with Crippen LogP contribution < -0.4 is 5.32 Å². The molecule has 1 rings (SSSR count). The Morgan fingerprint density at radius 3 is 2.88 bits per heavy atom. The van der Waals surface area contributed by atoms with Gasteiger partial charge in [0, 0.05) is 0 Å². The van der Waals surface area contributed by atoms with Crippen LogP contribution in [0.4, 0.5) is 8.78 Å². The van der Waals surface area contributed by atoms with Gasteiger partial charge < -0.3 is 14.5 Å². The summed E-state index contributed by atoms with van der Waals surface area (Å²) >= 11 is 0. The SMILES string of the molecule is CCNCc1oc(COCC(F)F)cc1C. The third-order valence-electron chi connectivity index (χ3n) is 2.10. The highest BCUT2D eigenvalue weighted by atomic mass is 19.3. The number of halogens is 2. The first-order valence-electron chi connectivity index (χ1n) is 5.28. The summed E-state index contributed by atoms with van der Waals surface area (Å²) in [6.07, 6.45) is -2.43. The van der Waals surface area contributed by atoms with E-state index in [1.807, 2.05) is 19.9 Å². The molecule has 16 heavy (non-hydrogen) atoms. The monoisotopic (exact) mass is 233 g/mol. The van der Waals surface area contributed by atoms with Crippen LogP contribution in [-0.2, 0) is 17.9 Å². The normalized spacial score (nSPS) is 11.3. The summed E-state index contributed by atoms with van der Waals surface area (Å²) in [4.78, 5) is 0. The Bertz CT molecular complexity index is 313. The molecular formula is C11H17F2NO2. The summed E-state index contributed by atoms with van der Waals surface area (Å²) in [5.41, 5.74) is 1.01. The molecule has 0 aliphatic rings. The van der Waals surface area contributed by atoms with Crippen molar-refractivity contribution in [3.05, 3.63) is 23.2 Å². The predicted molar refractivity (Wildman–Crippen MR) is 56.5 cm³/mol. The van der Waals surface area contributed by atoms with Crippen molar-refractivity contribution in [3.63, 3.8) is 0 Å². The number of ether oxygens (including phenoxy) is 1. The molecule has 0 fully saturated rings. The summed E-state index contributed by atoms with van der Waals surface area (Å²) in [6.45, 7) is 4.98. The maximum absolute atomic E-state index is 11.8. The molecule has 0 aromatic carbocycles. The van der Waals surface area contributed by atoms with Gasteiger partial charge >= 0.3 is 0 Å². The maximum Gasteiger partial charge on any atom is 0.261 e. The lowest BCUT2D eigenvalue weighted by Crippen LogP contribution is -2.11. The molecule has 0 unspecified atom stereocenters. The second-order valence-corrected chi connectivity index (χ2v) is 3.51. The first kappa shape index (κ1) is 13.1. The number of hydrogen-bond donors (Lipinski definition) is 1. The van der Waals surface area contributed by atoms with Crippen molar-refractivity contribution in [2.24, 2.45) is 0 Å². The Labute approximate surface area is 93.8 Å². The molecule has 0 bridgehead atoms. The summed E-state index contributed by atoms with van der Waals surface area (Å²) in [5, 5.41) is 3.14. The van der Waals surface area contributed by atoms with E-state index in [-0.39, 0.29) is 6.61 Å². The van der Waals surface area contributed by atoms with Crippen LogP contribution in [0.2, 0.25) is 0 Å². The second-order valence-electron chi connectivity index (χ2n) is 3.51. The van der Waals surface area contributed by atoms with Crippen LogP contribution in [0.1, 0.15) is 24.0 Å². The molecule has 5 heteroatoms. The van der Waals surface area contributed by atoms with Gasteiger partial charge in [-0.3, -0.25) is 0 Å². The highest BCUT2D eigenvalue weighted by Gasteiger charge is 2.08. The van der Waals surface area contributed by atoms with Gasteiger partial charge in [-0.25, -0.2) is 8.78 Å². The number of hydrogen-bond acceptors (Lipinski definition) is 3. The van der Waals surface area contributed by atoms with E-state index in [0.29, 0.717) is 12.3 Å². The average molecular weight is 233 g/mol. The van der Waals surface area contributed by atoms with Crippen molar-refractivity contribution < 1.29 is 17.9 Å². The smallest absolute Gasteiger partial charge is 0.261 e. The Balaban J connectivity index is 2.42. The van der Waals surface area contributed by atoms with Gasteiger partial charge in [-0.15, -0.1) is 0 Å². The molecule has 3 nitrogen and oxygen atoms in total. The number of rotatable bonds is 7. The molecule has 0 atom stereocenters. The fourth-order valence-electron chi connectivity index (χ4n) is 1.32. The van der Waals surface area contributed by atoms with Crippen molar-refractivity contribution in [1.82, 2.24) is 5.32 Å². The van der Waals surface area contributed by atoms with Gasteiger partial charge in [0.05, 0.1) is 6.54 Å². The quantitative estimate of drug-likeness (QED) is 0.785. The molecule has 0 aliphatic heterocycles. The molecule has 92 valence electrons. The minimum Gasteiger partial charge on any atom is -0.462 e. The molecule has 1 aromatic heterocycles. The van der Waals surface area contributed by atoms with Gasteiger partial charge in [0.25, 0.3) is 6.43 Å². The van der Waals surface area contributed by atoms with Crippen molar-refractivity contribution in [1.29, 1.82) is 0 Å². The number of furan rings is 1. The van der Waals surface area contributed by atoms with E-state index in [1.54, 1.807) is 0 Å². The van der Waals surface area contributed by atoms with E-state index >= 15 is 0 Å². The molecule has 0 radical (unpaired) electrons. The highest BCUT2D eigenvalue weighted by Crippen LogP contribution is 2.15. The molecule has 1 heterocycles. The van der Waals surface area contributed by atoms with E-state index in [2.05, 4.69) is 5.32 Å². The van der Waals surface area contributed by atoms with Crippen LogP contribution in [0.15, 0.2) is 10.5 Å². The lowest BCUT2D eigenvalue weighted by atomic mass is 10.2. The summed E-state index contributed by atoms with van der Waals surface area (Å²) in [5.74, 6) is 1.42. The number of aryl methyl sites for hydroxylation is 1.